The summed E-state index contributed by atoms with van der Waals surface area (Å²) in [6.45, 7) is 3.76. The molecule has 1 atom stereocenters. The average molecular weight is 399 g/mol. The van der Waals surface area contributed by atoms with Crippen LogP contribution in [0.4, 0.5) is 0 Å². The highest BCUT2D eigenvalue weighted by Gasteiger charge is 2.23. The van der Waals surface area contributed by atoms with E-state index in [1.54, 1.807) is 6.07 Å². The summed E-state index contributed by atoms with van der Waals surface area (Å²) < 4.78 is 5.50. The van der Waals surface area contributed by atoms with Crippen LogP contribution in [-0.2, 0) is 6.54 Å². The first-order valence-corrected chi connectivity index (χ1v) is 10.7. The molecule has 3 aromatic carbocycles. The Bertz CT molecular complexity index is 1210. The molecule has 0 amide bonds. The monoisotopic (exact) mass is 398 g/mol. The van der Waals surface area contributed by atoms with Crippen molar-refractivity contribution in [3.05, 3.63) is 94.3 Å². The fourth-order valence-electron chi connectivity index (χ4n) is 4.69. The average Bonchev–Trinajstić information content (AvgIpc) is 3.31. The Kier molecular flexibility index (Phi) is 5.35. The Morgan fingerprint density at radius 2 is 1.70 bits per heavy atom. The maximum absolute atomic E-state index is 12.2. The summed E-state index contributed by atoms with van der Waals surface area (Å²) >= 11 is 0. The van der Waals surface area contributed by atoms with Gasteiger partial charge in [0.2, 0.25) is 0 Å². The van der Waals surface area contributed by atoms with E-state index in [1.807, 2.05) is 24.3 Å². The number of rotatable bonds is 6. The van der Waals surface area contributed by atoms with Crippen LogP contribution in [0.2, 0.25) is 0 Å². The molecule has 0 radical (unpaired) electrons. The highest BCUT2D eigenvalue weighted by atomic mass is 16.4. The van der Waals surface area contributed by atoms with E-state index in [-0.39, 0.29) is 5.63 Å². The number of likely N-dealkylation sites (tertiary alicyclic amines) is 1. The molecular weight excluding hydrogens is 372 g/mol. The SMILES string of the molecule is O=c1cc(CNC[C@H](c2ccccc2)N2CCCC2)c2c(ccc3ccccc32)o1. The Balaban J connectivity index is 1.44. The molecule has 1 fully saturated rings. The quantitative estimate of drug-likeness (QED) is 0.372. The highest BCUT2D eigenvalue weighted by Crippen LogP contribution is 2.28. The largest absolute Gasteiger partial charge is 0.423 e. The van der Waals surface area contributed by atoms with E-state index >= 15 is 0 Å². The zero-order valence-electron chi connectivity index (χ0n) is 17.0. The molecule has 0 unspecified atom stereocenters. The molecule has 5 rings (SSSR count). The van der Waals surface area contributed by atoms with Gasteiger partial charge in [0.05, 0.1) is 0 Å². The van der Waals surface area contributed by atoms with Gasteiger partial charge in [-0.3, -0.25) is 4.90 Å². The minimum absolute atomic E-state index is 0.297. The van der Waals surface area contributed by atoms with Crippen LogP contribution in [0.15, 0.2) is 82.0 Å². The molecule has 2 heterocycles. The molecule has 0 spiro atoms. The van der Waals surface area contributed by atoms with Crippen LogP contribution in [0.25, 0.3) is 21.7 Å². The van der Waals surface area contributed by atoms with Crippen LogP contribution in [0, 0.1) is 0 Å². The van der Waals surface area contributed by atoms with Gasteiger partial charge in [0.25, 0.3) is 0 Å². The van der Waals surface area contributed by atoms with Crippen molar-refractivity contribution in [2.45, 2.75) is 25.4 Å². The molecule has 1 aliphatic heterocycles. The number of hydrogen-bond acceptors (Lipinski definition) is 4. The van der Waals surface area contributed by atoms with Gasteiger partial charge in [0, 0.05) is 30.6 Å². The second-order valence-electron chi connectivity index (χ2n) is 8.05. The maximum Gasteiger partial charge on any atom is 0.336 e. The summed E-state index contributed by atoms with van der Waals surface area (Å²) in [7, 11) is 0. The fourth-order valence-corrected chi connectivity index (χ4v) is 4.69. The highest BCUT2D eigenvalue weighted by molar-refractivity contribution is 6.07. The van der Waals surface area contributed by atoms with Crippen molar-refractivity contribution < 1.29 is 4.42 Å². The van der Waals surface area contributed by atoms with E-state index in [2.05, 4.69) is 52.7 Å². The molecule has 0 aliphatic carbocycles. The Labute approximate surface area is 176 Å². The third kappa shape index (κ3) is 3.76. The molecule has 4 heteroatoms. The third-order valence-corrected chi connectivity index (χ3v) is 6.13. The van der Waals surface area contributed by atoms with Gasteiger partial charge in [0.15, 0.2) is 0 Å². The lowest BCUT2D eigenvalue weighted by Crippen LogP contribution is -2.34. The normalized spacial score (nSPS) is 15.7. The Hall–Kier alpha value is -2.95. The van der Waals surface area contributed by atoms with Gasteiger partial charge in [0.1, 0.15) is 5.58 Å². The predicted octanol–water partition coefficient (Wildman–Crippen LogP) is 4.87. The van der Waals surface area contributed by atoms with Crippen molar-refractivity contribution in [3.8, 4) is 0 Å². The van der Waals surface area contributed by atoms with Gasteiger partial charge >= 0.3 is 5.63 Å². The number of nitrogens with zero attached hydrogens (tertiary/aromatic N) is 1. The zero-order valence-corrected chi connectivity index (χ0v) is 17.0. The maximum atomic E-state index is 12.2. The molecule has 1 N–H and O–H groups in total. The van der Waals surface area contributed by atoms with Gasteiger partial charge in [-0.05, 0) is 53.9 Å². The minimum atomic E-state index is -0.297. The van der Waals surface area contributed by atoms with Crippen molar-refractivity contribution in [1.82, 2.24) is 10.2 Å². The van der Waals surface area contributed by atoms with E-state index in [4.69, 9.17) is 4.42 Å². The minimum Gasteiger partial charge on any atom is -0.423 e. The van der Waals surface area contributed by atoms with Gasteiger partial charge < -0.3 is 9.73 Å². The van der Waals surface area contributed by atoms with E-state index < -0.39 is 0 Å². The van der Waals surface area contributed by atoms with Gasteiger partial charge in [-0.15, -0.1) is 0 Å². The summed E-state index contributed by atoms with van der Waals surface area (Å²) in [6.07, 6.45) is 2.53. The first-order valence-electron chi connectivity index (χ1n) is 10.7. The zero-order chi connectivity index (χ0) is 20.3. The Morgan fingerprint density at radius 3 is 2.53 bits per heavy atom. The number of fused-ring (bicyclic) bond motifs is 3. The number of hydrogen-bond donors (Lipinski definition) is 1. The standard InChI is InChI=1S/C26H26N2O2/c29-25-16-21(26-22-11-5-4-8-19(22)12-13-24(26)30-25)17-27-18-23(28-14-6-7-15-28)20-9-2-1-3-10-20/h1-5,8-13,16,23,27H,6-7,14-15,17-18H2/t23-/m1/s1. The summed E-state index contributed by atoms with van der Waals surface area (Å²) in [5.41, 5.74) is 2.69. The summed E-state index contributed by atoms with van der Waals surface area (Å²) in [5.74, 6) is 0. The molecule has 0 bridgehead atoms. The first kappa shape index (κ1) is 19.0. The van der Waals surface area contributed by atoms with E-state index in [9.17, 15) is 4.79 Å². The predicted molar refractivity (Wildman–Crippen MR) is 122 cm³/mol. The molecule has 0 saturated carbocycles. The molecule has 1 aliphatic rings. The van der Waals surface area contributed by atoms with Gasteiger partial charge in [-0.25, -0.2) is 4.79 Å². The smallest absolute Gasteiger partial charge is 0.336 e. The number of nitrogens with one attached hydrogen (secondary N) is 1. The lowest BCUT2D eigenvalue weighted by molar-refractivity contribution is 0.238. The van der Waals surface area contributed by atoms with Crippen molar-refractivity contribution in [2.75, 3.05) is 19.6 Å². The first-order chi connectivity index (χ1) is 14.8. The number of benzene rings is 3. The molecule has 1 aromatic heterocycles. The lowest BCUT2D eigenvalue weighted by atomic mass is 10.0. The molecule has 30 heavy (non-hydrogen) atoms. The second kappa shape index (κ2) is 8.42. The van der Waals surface area contributed by atoms with Crippen molar-refractivity contribution in [1.29, 1.82) is 0 Å². The van der Waals surface area contributed by atoms with Crippen LogP contribution in [0.5, 0.6) is 0 Å². The second-order valence-corrected chi connectivity index (χ2v) is 8.05. The van der Waals surface area contributed by atoms with Crippen LogP contribution in [-0.4, -0.2) is 24.5 Å². The summed E-state index contributed by atoms with van der Waals surface area (Å²) in [6, 6.07) is 24.9. The molecule has 4 nitrogen and oxygen atoms in total. The molecule has 1 saturated heterocycles. The molecule has 152 valence electrons. The van der Waals surface area contributed by atoms with E-state index in [0.717, 1.165) is 41.4 Å². The lowest BCUT2D eigenvalue weighted by Gasteiger charge is -2.28. The molecule has 4 aromatic rings. The topological polar surface area (TPSA) is 45.5 Å². The van der Waals surface area contributed by atoms with Gasteiger partial charge in [-0.1, -0.05) is 60.7 Å². The van der Waals surface area contributed by atoms with E-state index in [1.165, 1.54) is 18.4 Å². The summed E-state index contributed by atoms with van der Waals surface area (Å²) in [5, 5.41) is 6.94. The van der Waals surface area contributed by atoms with E-state index in [0.29, 0.717) is 18.2 Å². The molecular formula is C26H26N2O2. The van der Waals surface area contributed by atoms with Crippen molar-refractivity contribution in [3.63, 3.8) is 0 Å². The van der Waals surface area contributed by atoms with Gasteiger partial charge in [-0.2, -0.15) is 0 Å². The summed E-state index contributed by atoms with van der Waals surface area (Å²) in [4.78, 5) is 14.7. The van der Waals surface area contributed by atoms with Crippen molar-refractivity contribution >= 4 is 21.7 Å². The Morgan fingerprint density at radius 1 is 0.933 bits per heavy atom. The third-order valence-electron chi connectivity index (χ3n) is 6.13. The van der Waals surface area contributed by atoms with Crippen LogP contribution in [0.3, 0.4) is 0 Å². The fraction of sp³-hybridized carbons (Fsp3) is 0.269. The van der Waals surface area contributed by atoms with Crippen LogP contribution in [0.1, 0.15) is 30.0 Å². The van der Waals surface area contributed by atoms with Crippen LogP contribution >= 0.6 is 0 Å². The van der Waals surface area contributed by atoms with Crippen molar-refractivity contribution in [2.24, 2.45) is 0 Å². The van der Waals surface area contributed by atoms with Crippen LogP contribution < -0.4 is 10.9 Å².